The summed E-state index contributed by atoms with van der Waals surface area (Å²) < 4.78 is 8.28. The number of unbranched alkanes of at least 4 members (excludes halogenated alkanes) is 2. The van der Waals surface area contributed by atoms with Gasteiger partial charge in [0.15, 0.2) is 0 Å². The van der Waals surface area contributed by atoms with Crippen molar-refractivity contribution in [3.05, 3.63) is 35.4 Å². The zero-order valence-electron chi connectivity index (χ0n) is 18.4. The lowest BCUT2D eigenvalue weighted by atomic mass is 9.98. The van der Waals surface area contributed by atoms with Crippen molar-refractivity contribution >= 4 is 18.8 Å². The lowest BCUT2D eigenvalue weighted by molar-refractivity contribution is 0.0378. The Labute approximate surface area is 173 Å². The highest BCUT2D eigenvalue weighted by Gasteiger charge is 2.12. The highest BCUT2D eigenvalue weighted by atomic mass is 32.1. The SMILES string of the molecule is CC(C)C.CC(C)CCCCCC(NS)c1ccc(C(=O)OC(C)C)cc1. The van der Waals surface area contributed by atoms with Gasteiger partial charge in [-0.3, -0.25) is 4.72 Å². The van der Waals surface area contributed by atoms with E-state index in [9.17, 15) is 4.79 Å². The molecule has 0 heterocycles. The summed E-state index contributed by atoms with van der Waals surface area (Å²) in [5.74, 6) is 1.35. The van der Waals surface area contributed by atoms with E-state index < -0.39 is 0 Å². The molecule has 0 radical (unpaired) electrons. The fourth-order valence-corrected chi connectivity index (χ4v) is 2.80. The van der Waals surface area contributed by atoms with Crippen LogP contribution in [0.2, 0.25) is 0 Å². The van der Waals surface area contributed by atoms with Crippen molar-refractivity contribution in [3.8, 4) is 0 Å². The molecule has 27 heavy (non-hydrogen) atoms. The summed E-state index contributed by atoms with van der Waals surface area (Å²) in [4.78, 5) is 11.9. The molecule has 0 aromatic heterocycles. The number of hydrogen-bond acceptors (Lipinski definition) is 4. The first-order valence-electron chi connectivity index (χ1n) is 10.4. The smallest absolute Gasteiger partial charge is 0.338 e. The molecule has 1 rings (SSSR count). The Kier molecular flexibility index (Phi) is 14.4. The first kappa shape index (κ1) is 26.0. The van der Waals surface area contributed by atoms with Crippen LogP contribution in [0.1, 0.15) is 103 Å². The second kappa shape index (κ2) is 15.0. The normalized spacial score (nSPS) is 12.1. The van der Waals surface area contributed by atoms with Crippen LogP contribution < -0.4 is 4.72 Å². The maximum Gasteiger partial charge on any atom is 0.338 e. The van der Waals surface area contributed by atoms with Gasteiger partial charge in [-0.25, -0.2) is 4.79 Å². The van der Waals surface area contributed by atoms with Gasteiger partial charge in [0.2, 0.25) is 0 Å². The van der Waals surface area contributed by atoms with E-state index in [2.05, 4.69) is 52.2 Å². The molecule has 1 N–H and O–H groups in total. The van der Waals surface area contributed by atoms with Crippen LogP contribution in [0.4, 0.5) is 0 Å². The summed E-state index contributed by atoms with van der Waals surface area (Å²) in [6.07, 6.45) is 5.98. The van der Waals surface area contributed by atoms with Crippen molar-refractivity contribution in [2.45, 2.75) is 92.7 Å². The number of ether oxygens (including phenoxy) is 1. The van der Waals surface area contributed by atoms with Gasteiger partial charge >= 0.3 is 5.97 Å². The summed E-state index contributed by atoms with van der Waals surface area (Å²) in [5, 5.41) is 0. The Morgan fingerprint density at radius 1 is 0.926 bits per heavy atom. The molecule has 1 atom stereocenters. The molecule has 0 fully saturated rings. The van der Waals surface area contributed by atoms with E-state index in [1.807, 2.05) is 38.1 Å². The Bertz CT molecular complexity index is 495. The minimum absolute atomic E-state index is 0.0973. The summed E-state index contributed by atoms with van der Waals surface area (Å²) in [7, 11) is 0. The first-order chi connectivity index (χ1) is 12.7. The fourth-order valence-electron chi connectivity index (χ4n) is 2.52. The summed E-state index contributed by atoms with van der Waals surface area (Å²) in [6, 6.07) is 7.85. The van der Waals surface area contributed by atoms with E-state index in [1.54, 1.807) is 0 Å². The van der Waals surface area contributed by atoms with Gasteiger partial charge in [-0.2, -0.15) is 0 Å². The third-order valence-electron chi connectivity index (χ3n) is 3.82. The van der Waals surface area contributed by atoms with Gasteiger partial charge in [0.05, 0.1) is 11.7 Å². The number of hydrogen-bond donors (Lipinski definition) is 2. The molecule has 156 valence electrons. The molecule has 0 aliphatic carbocycles. The maximum absolute atomic E-state index is 11.9. The number of rotatable bonds is 10. The monoisotopic (exact) mass is 395 g/mol. The number of carbonyl (C=O) groups is 1. The standard InChI is InChI=1S/C19H31NO2S.C4H10/c1-14(2)8-6-5-7-9-18(20-23)16-10-12-17(13-11-16)19(21)22-15(3)4;1-4(2)3/h10-15,18,20,23H,5-9H2,1-4H3;4H,1-3H3. The van der Waals surface area contributed by atoms with Crippen LogP contribution in [-0.2, 0) is 4.74 Å². The predicted molar refractivity (Wildman–Crippen MR) is 120 cm³/mol. The van der Waals surface area contributed by atoms with E-state index in [-0.39, 0.29) is 18.1 Å². The Morgan fingerprint density at radius 2 is 1.44 bits per heavy atom. The van der Waals surface area contributed by atoms with Crippen LogP contribution in [-0.4, -0.2) is 12.1 Å². The van der Waals surface area contributed by atoms with E-state index in [1.165, 1.54) is 25.7 Å². The van der Waals surface area contributed by atoms with Crippen LogP contribution in [0.5, 0.6) is 0 Å². The molecule has 0 aliphatic heterocycles. The zero-order chi connectivity index (χ0) is 20.8. The Hall–Kier alpha value is -1.00. The van der Waals surface area contributed by atoms with Gasteiger partial charge < -0.3 is 4.74 Å². The van der Waals surface area contributed by atoms with Gasteiger partial charge in [0.1, 0.15) is 0 Å². The van der Waals surface area contributed by atoms with E-state index in [4.69, 9.17) is 4.74 Å². The third kappa shape index (κ3) is 13.8. The summed E-state index contributed by atoms with van der Waals surface area (Å²) in [6.45, 7) is 14.7. The molecular weight excluding hydrogens is 354 g/mol. The highest BCUT2D eigenvalue weighted by Crippen LogP contribution is 2.22. The number of nitrogens with one attached hydrogen (secondary N) is 1. The lowest BCUT2D eigenvalue weighted by Crippen LogP contribution is -2.13. The topological polar surface area (TPSA) is 38.3 Å². The second-order valence-electron chi connectivity index (χ2n) is 8.52. The number of benzene rings is 1. The van der Waals surface area contributed by atoms with Crippen LogP contribution in [0, 0.1) is 11.8 Å². The molecule has 0 saturated carbocycles. The minimum atomic E-state index is -0.268. The van der Waals surface area contributed by atoms with E-state index >= 15 is 0 Å². The molecule has 3 nitrogen and oxygen atoms in total. The first-order valence-corrected chi connectivity index (χ1v) is 10.8. The highest BCUT2D eigenvalue weighted by molar-refractivity contribution is 7.78. The fraction of sp³-hybridized carbons (Fsp3) is 0.696. The number of carbonyl (C=O) groups excluding carboxylic acids is 1. The zero-order valence-corrected chi connectivity index (χ0v) is 19.3. The summed E-state index contributed by atoms with van der Waals surface area (Å²) in [5.41, 5.74) is 1.75. The van der Waals surface area contributed by atoms with Crippen LogP contribution in [0.3, 0.4) is 0 Å². The minimum Gasteiger partial charge on any atom is -0.459 e. The van der Waals surface area contributed by atoms with Crippen LogP contribution >= 0.6 is 12.8 Å². The lowest BCUT2D eigenvalue weighted by Gasteiger charge is -2.16. The van der Waals surface area contributed by atoms with Crippen molar-refractivity contribution in [1.82, 2.24) is 4.72 Å². The summed E-state index contributed by atoms with van der Waals surface area (Å²) >= 11 is 4.25. The van der Waals surface area contributed by atoms with Gasteiger partial charge in [-0.15, -0.1) is 0 Å². The molecule has 0 saturated heterocycles. The second-order valence-corrected chi connectivity index (χ2v) is 8.78. The quantitative estimate of drug-likeness (QED) is 0.254. The van der Waals surface area contributed by atoms with E-state index in [0.717, 1.165) is 23.8 Å². The van der Waals surface area contributed by atoms with Gasteiger partial charge in [-0.1, -0.05) is 85.2 Å². The Morgan fingerprint density at radius 3 is 1.89 bits per heavy atom. The molecular formula is C23H41NO2S. The van der Waals surface area contributed by atoms with Gasteiger partial charge in [0.25, 0.3) is 0 Å². The maximum atomic E-state index is 11.9. The van der Waals surface area contributed by atoms with Crippen LogP contribution in [0.15, 0.2) is 24.3 Å². The Balaban J connectivity index is 0.00000153. The predicted octanol–water partition coefficient (Wildman–Crippen LogP) is 7.00. The molecule has 4 heteroatoms. The average Bonchev–Trinajstić information content (AvgIpc) is 2.57. The molecule has 1 aromatic rings. The third-order valence-corrected chi connectivity index (χ3v) is 4.13. The van der Waals surface area contributed by atoms with Gasteiger partial charge in [-0.05, 0) is 49.8 Å². The molecule has 1 unspecified atom stereocenters. The largest absolute Gasteiger partial charge is 0.459 e. The van der Waals surface area contributed by atoms with E-state index in [0.29, 0.717) is 5.56 Å². The van der Waals surface area contributed by atoms with Gasteiger partial charge in [0, 0.05) is 6.04 Å². The molecule has 0 amide bonds. The van der Waals surface area contributed by atoms with Crippen LogP contribution in [0.25, 0.3) is 0 Å². The van der Waals surface area contributed by atoms with Crippen molar-refractivity contribution in [2.75, 3.05) is 0 Å². The average molecular weight is 396 g/mol. The number of esters is 1. The van der Waals surface area contributed by atoms with Crippen molar-refractivity contribution in [1.29, 1.82) is 0 Å². The molecule has 0 spiro atoms. The number of thiol groups is 1. The van der Waals surface area contributed by atoms with Crippen molar-refractivity contribution in [3.63, 3.8) is 0 Å². The molecule has 0 aliphatic rings. The van der Waals surface area contributed by atoms with Crippen molar-refractivity contribution < 1.29 is 9.53 Å². The van der Waals surface area contributed by atoms with Crippen molar-refractivity contribution in [2.24, 2.45) is 11.8 Å². The molecule has 1 aromatic carbocycles. The molecule has 0 bridgehead atoms.